The molecule has 1 aliphatic rings. The summed E-state index contributed by atoms with van der Waals surface area (Å²) in [7, 11) is 0. The monoisotopic (exact) mass is 418 g/mol. The molecule has 0 fully saturated rings. The Bertz CT molecular complexity index is 1000. The number of imide groups is 1. The van der Waals surface area contributed by atoms with E-state index in [1.807, 2.05) is 6.92 Å². The smallest absolute Gasteiger partial charge is 0.338 e. The molecule has 2 aromatic rings. The first-order chi connectivity index (χ1) is 13.3. The van der Waals surface area contributed by atoms with Crippen LogP contribution < -0.4 is 10.2 Å². The summed E-state index contributed by atoms with van der Waals surface area (Å²) in [6.45, 7) is 3.79. The van der Waals surface area contributed by atoms with Crippen LogP contribution in [0.25, 0.3) is 0 Å². The zero-order valence-corrected chi connectivity index (χ0v) is 16.6. The van der Waals surface area contributed by atoms with Crippen molar-refractivity contribution in [1.82, 2.24) is 0 Å². The Hall–Kier alpha value is -2.83. The third-order valence-corrected chi connectivity index (χ3v) is 4.71. The van der Waals surface area contributed by atoms with Crippen molar-refractivity contribution < 1.29 is 19.1 Å². The van der Waals surface area contributed by atoms with Crippen LogP contribution in [0.5, 0.6) is 0 Å². The molecule has 0 atom stereocenters. The fraction of sp³-hybridized carbons (Fsp3) is 0.150. The molecule has 2 amide bonds. The Kier molecular flexibility index (Phi) is 5.72. The third-order valence-electron chi connectivity index (χ3n) is 4.12. The van der Waals surface area contributed by atoms with Gasteiger partial charge in [0.1, 0.15) is 10.7 Å². The molecule has 28 heavy (non-hydrogen) atoms. The maximum atomic E-state index is 12.8. The lowest BCUT2D eigenvalue weighted by molar-refractivity contribution is -0.120. The number of esters is 1. The summed E-state index contributed by atoms with van der Waals surface area (Å²) in [6, 6.07) is 11.1. The SMILES string of the molecule is CCOC(=O)c1ccc(N2C(=O)C(Cl)=C(Nc3cc(Cl)ccc3C)C2=O)cc1. The number of carbonyl (C=O) groups is 3. The van der Waals surface area contributed by atoms with Gasteiger partial charge < -0.3 is 10.1 Å². The van der Waals surface area contributed by atoms with E-state index in [1.165, 1.54) is 24.3 Å². The molecule has 1 N–H and O–H groups in total. The standard InChI is InChI=1S/C20H16Cl2N2O4/c1-3-28-20(27)12-5-8-14(9-6-12)24-18(25)16(22)17(19(24)26)23-15-10-13(21)7-4-11(15)2/h4-10,23H,3H2,1-2H3. The fourth-order valence-corrected chi connectivity index (χ4v) is 3.06. The number of halogens is 2. The molecule has 3 rings (SSSR count). The van der Waals surface area contributed by atoms with E-state index in [4.69, 9.17) is 27.9 Å². The van der Waals surface area contributed by atoms with Crippen LogP contribution in [0.2, 0.25) is 5.02 Å². The van der Waals surface area contributed by atoms with Crippen LogP contribution in [-0.4, -0.2) is 24.4 Å². The highest BCUT2D eigenvalue weighted by atomic mass is 35.5. The average molecular weight is 419 g/mol. The zero-order chi connectivity index (χ0) is 20.4. The van der Waals surface area contributed by atoms with Gasteiger partial charge in [-0.2, -0.15) is 0 Å². The lowest BCUT2D eigenvalue weighted by atomic mass is 10.2. The quantitative estimate of drug-likeness (QED) is 0.579. The summed E-state index contributed by atoms with van der Waals surface area (Å²) < 4.78 is 4.92. The number of amides is 2. The first kappa shape index (κ1) is 19.9. The minimum absolute atomic E-state index is 0.0356. The minimum atomic E-state index is -0.655. The van der Waals surface area contributed by atoms with E-state index < -0.39 is 17.8 Å². The first-order valence-electron chi connectivity index (χ1n) is 8.42. The van der Waals surface area contributed by atoms with Crippen LogP contribution in [0, 0.1) is 6.92 Å². The number of benzene rings is 2. The van der Waals surface area contributed by atoms with Crippen molar-refractivity contribution in [1.29, 1.82) is 0 Å². The maximum Gasteiger partial charge on any atom is 0.338 e. The highest BCUT2D eigenvalue weighted by molar-refractivity contribution is 6.53. The second kappa shape index (κ2) is 8.04. The van der Waals surface area contributed by atoms with Gasteiger partial charge in [0.05, 0.1) is 17.9 Å². The summed E-state index contributed by atoms with van der Waals surface area (Å²) in [5.41, 5.74) is 1.98. The molecule has 1 heterocycles. The highest BCUT2D eigenvalue weighted by Crippen LogP contribution is 2.31. The van der Waals surface area contributed by atoms with Gasteiger partial charge in [-0.3, -0.25) is 9.59 Å². The minimum Gasteiger partial charge on any atom is -0.462 e. The van der Waals surface area contributed by atoms with E-state index in [1.54, 1.807) is 25.1 Å². The molecular weight excluding hydrogens is 403 g/mol. The number of nitrogens with one attached hydrogen (secondary N) is 1. The normalized spacial score (nSPS) is 13.9. The van der Waals surface area contributed by atoms with Crippen molar-refractivity contribution in [3.63, 3.8) is 0 Å². The van der Waals surface area contributed by atoms with Crippen molar-refractivity contribution in [2.75, 3.05) is 16.8 Å². The van der Waals surface area contributed by atoms with Crippen LogP contribution in [0.3, 0.4) is 0 Å². The molecule has 0 bridgehead atoms. The number of ether oxygens (including phenoxy) is 1. The summed E-state index contributed by atoms with van der Waals surface area (Å²) >= 11 is 12.1. The van der Waals surface area contributed by atoms with Crippen molar-refractivity contribution in [3.8, 4) is 0 Å². The van der Waals surface area contributed by atoms with E-state index in [9.17, 15) is 14.4 Å². The van der Waals surface area contributed by atoms with Crippen molar-refractivity contribution in [2.24, 2.45) is 0 Å². The van der Waals surface area contributed by atoms with E-state index in [0.29, 0.717) is 22.0 Å². The largest absolute Gasteiger partial charge is 0.462 e. The predicted octanol–water partition coefficient (Wildman–Crippen LogP) is 4.26. The molecule has 0 saturated carbocycles. The molecule has 2 aromatic carbocycles. The van der Waals surface area contributed by atoms with Gasteiger partial charge in [0.25, 0.3) is 11.8 Å². The fourth-order valence-electron chi connectivity index (χ4n) is 2.67. The second-order valence-electron chi connectivity index (χ2n) is 5.99. The second-order valence-corrected chi connectivity index (χ2v) is 6.80. The number of aryl methyl sites for hydroxylation is 1. The summed E-state index contributed by atoms with van der Waals surface area (Å²) in [5, 5.41) is 3.16. The number of anilines is 2. The Balaban J connectivity index is 1.86. The van der Waals surface area contributed by atoms with Gasteiger partial charge in [0.2, 0.25) is 0 Å². The Morgan fingerprint density at radius 3 is 2.39 bits per heavy atom. The van der Waals surface area contributed by atoms with Crippen LogP contribution in [0.1, 0.15) is 22.8 Å². The van der Waals surface area contributed by atoms with E-state index in [2.05, 4.69) is 5.32 Å². The van der Waals surface area contributed by atoms with Crippen molar-refractivity contribution in [3.05, 3.63) is 69.3 Å². The first-order valence-corrected chi connectivity index (χ1v) is 9.18. The lowest BCUT2D eigenvalue weighted by Gasteiger charge is -2.16. The van der Waals surface area contributed by atoms with Crippen LogP contribution >= 0.6 is 23.2 Å². The summed E-state index contributed by atoms with van der Waals surface area (Å²) in [6.07, 6.45) is 0. The molecule has 144 valence electrons. The Labute approximate surface area is 171 Å². The molecule has 0 aliphatic carbocycles. The molecule has 0 saturated heterocycles. The molecule has 0 spiro atoms. The van der Waals surface area contributed by atoms with Gasteiger partial charge in [-0.1, -0.05) is 29.3 Å². The van der Waals surface area contributed by atoms with Gasteiger partial charge in [-0.05, 0) is 55.8 Å². The number of hydrogen-bond donors (Lipinski definition) is 1. The Morgan fingerprint density at radius 1 is 1.07 bits per heavy atom. The highest BCUT2D eigenvalue weighted by Gasteiger charge is 2.39. The van der Waals surface area contributed by atoms with Gasteiger partial charge >= 0.3 is 5.97 Å². The van der Waals surface area contributed by atoms with Crippen LogP contribution in [0.15, 0.2) is 53.2 Å². The topological polar surface area (TPSA) is 75.7 Å². The number of carbonyl (C=O) groups excluding carboxylic acids is 3. The van der Waals surface area contributed by atoms with Crippen LogP contribution in [0.4, 0.5) is 11.4 Å². The zero-order valence-electron chi connectivity index (χ0n) is 15.1. The molecule has 6 nitrogen and oxygen atoms in total. The molecule has 0 aromatic heterocycles. The Morgan fingerprint density at radius 2 is 1.75 bits per heavy atom. The van der Waals surface area contributed by atoms with Gasteiger partial charge in [-0.25, -0.2) is 9.69 Å². The number of hydrogen-bond acceptors (Lipinski definition) is 5. The predicted molar refractivity (Wildman–Crippen MR) is 108 cm³/mol. The molecule has 0 unspecified atom stereocenters. The van der Waals surface area contributed by atoms with Crippen molar-refractivity contribution >= 4 is 52.4 Å². The van der Waals surface area contributed by atoms with E-state index >= 15 is 0 Å². The van der Waals surface area contributed by atoms with E-state index in [-0.39, 0.29) is 17.3 Å². The summed E-state index contributed by atoms with van der Waals surface area (Å²) in [4.78, 5) is 38.1. The van der Waals surface area contributed by atoms with Gasteiger partial charge in [0, 0.05) is 10.7 Å². The van der Waals surface area contributed by atoms with Crippen molar-refractivity contribution in [2.45, 2.75) is 13.8 Å². The van der Waals surface area contributed by atoms with Gasteiger partial charge in [0.15, 0.2) is 0 Å². The molecular formula is C20H16Cl2N2O4. The maximum absolute atomic E-state index is 12.8. The number of rotatable bonds is 5. The van der Waals surface area contributed by atoms with Gasteiger partial charge in [-0.15, -0.1) is 0 Å². The molecule has 8 heteroatoms. The molecule has 1 aliphatic heterocycles. The molecule has 0 radical (unpaired) electrons. The number of nitrogens with zero attached hydrogens (tertiary/aromatic N) is 1. The van der Waals surface area contributed by atoms with E-state index in [0.717, 1.165) is 10.5 Å². The average Bonchev–Trinajstić information content (AvgIpc) is 2.88. The van der Waals surface area contributed by atoms with Crippen LogP contribution in [-0.2, 0) is 14.3 Å². The third kappa shape index (κ3) is 3.74. The summed E-state index contributed by atoms with van der Waals surface area (Å²) in [5.74, 6) is -1.74. The lowest BCUT2D eigenvalue weighted by Crippen LogP contribution is -2.32.